The highest BCUT2D eigenvalue weighted by atomic mass is 35.5. The second-order valence-corrected chi connectivity index (χ2v) is 8.37. The first-order valence-electron chi connectivity index (χ1n) is 9.91. The molecule has 1 aliphatic carbocycles. The molecular formula is C19H38Cl2N4O2. The Hall–Kier alpha value is -0.560. The number of nitrogens with two attached hydrogens (primary N) is 1. The van der Waals surface area contributed by atoms with Gasteiger partial charge in [-0.2, -0.15) is 0 Å². The molecule has 3 N–H and O–H groups in total. The molecule has 1 heterocycles. The fraction of sp³-hybridized carbons (Fsp3) is 0.895. The molecule has 2 fully saturated rings. The van der Waals surface area contributed by atoms with Gasteiger partial charge in [-0.25, -0.2) is 0 Å². The number of carbonyl (C=O) groups excluding carboxylic acids is 2. The van der Waals surface area contributed by atoms with Gasteiger partial charge in [0.15, 0.2) is 0 Å². The summed E-state index contributed by atoms with van der Waals surface area (Å²) < 4.78 is 0. The highest BCUT2D eigenvalue weighted by Crippen LogP contribution is 2.23. The van der Waals surface area contributed by atoms with Crippen molar-refractivity contribution in [1.29, 1.82) is 0 Å². The standard InChI is InChI=1S/C19H36N4O2.2ClH/c1-14(2)11-17(20)19(25)23-9-7-22(8-10-23)13-18(24)21-16-6-4-5-15(3)12-16;;/h14-17H,4-13,20H2,1-3H3,(H,21,24);2*1H/t15?,16?,17-;;/m0../s1. The summed E-state index contributed by atoms with van der Waals surface area (Å²) in [5.41, 5.74) is 6.01. The van der Waals surface area contributed by atoms with E-state index in [2.05, 4.69) is 31.0 Å². The van der Waals surface area contributed by atoms with Crippen LogP contribution in [0.2, 0.25) is 0 Å². The van der Waals surface area contributed by atoms with Crippen LogP contribution in [0.25, 0.3) is 0 Å². The zero-order chi connectivity index (χ0) is 18.4. The highest BCUT2D eigenvalue weighted by molar-refractivity contribution is 5.85. The third-order valence-corrected chi connectivity index (χ3v) is 5.40. The van der Waals surface area contributed by atoms with E-state index in [0.717, 1.165) is 32.4 Å². The van der Waals surface area contributed by atoms with Gasteiger partial charge in [-0.1, -0.05) is 33.6 Å². The zero-order valence-corrected chi connectivity index (χ0v) is 18.6. The molecule has 1 saturated heterocycles. The summed E-state index contributed by atoms with van der Waals surface area (Å²) in [5, 5.41) is 3.19. The van der Waals surface area contributed by atoms with Gasteiger partial charge in [-0.3, -0.25) is 14.5 Å². The largest absolute Gasteiger partial charge is 0.352 e. The van der Waals surface area contributed by atoms with E-state index in [1.807, 2.05) is 4.90 Å². The Bertz CT molecular complexity index is 457. The van der Waals surface area contributed by atoms with Crippen LogP contribution in [0, 0.1) is 11.8 Å². The van der Waals surface area contributed by atoms with Gasteiger partial charge in [0.2, 0.25) is 11.8 Å². The van der Waals surface area contributed by atoms with Gasteiger partial charge in [0.05, 0.1) is 12.6 Å². The molecule has 0 aromatic rings. The van der Waals surface area contributed by atoms with Crippen molar-refractivity contribution in [2.75, 3.05) is 32.7 Å². The normalized spacial score (nSPS) is 24.6. The minimum atomic E-state index is -0.400. The van der Waals surface area contributed by atoms with E-state index in [4.69, 9.17) is 5.73 Å². The van der Waals surface area contributed by atoms with Gasteiger partial charge in [0.25, 0.3) is 0 Å². The van der Waals surface area contributed by atoms with Gasteiger partial charge in [0.1, 0.15) is 0 Å². The van der Waals surface area contributed by atoms with Crippen LogP contribution in [-0.4, -0.2) is 66.4 Å². The summed E-state index contributed by atoms with van der Waals surface area (Å²) in [7, 11) is 0. The average molecular weight is 425 g/mol. The lowest BCUT2D eigenvalue weighted by molar-refractivity contribution is -0.135. The lowest BCUT2D eigenvalue weighted by atomic mass is 9.87. The molecule has 0 bridgehead atoms. The Morgan fingerprint density at radius 3 is 2.30 bits per heavy atom. The predicted molar refractivity (Wildman–Crippen MR) is 115 cm³/mol. The molecule has 0 spiro atoms. The fourth-order valence-corrected chi connectivity index (χ4v) is 4.01. The number of amides is 2. The quantitative estimate of drug-likeness (QED) is 0.683. The maximum atomic E-state index is 12.4. The first-order chi connectivity index (χ1) is 11.8. The van der Waals surface area contributed by atoms with Crippen molar-refractivity contribution in [3.05, 3.63) is 0 Å². The number of nitrogens with zero attached hydrogens (tertiary/aromatic N) is 2. The second kappa shape index (κ2) is 12.8. The molecule has 0 radical (unpaired) electrons. The summed E-state index contributed by atoms with van der Waals surface area (Å²) in [4.78, 5) is 28.6. The molecule has 0 aromatic heterocycles. The predicted octanol–water partition coefficient (Wildman–Crippen LogP) is 2.04. The minimum Gasteiger partial charge on any atom is -0.352 e. The van der Waals surface area contributed by atoms with Crippen LogP contribution < -0.4 is 11.1 Å². The SMILES string of the molecule is CC(C)C[C@H](N)C(=O)N1CCN(CC(=O)NC2CCCC(C)C2)CC1.Cl.Cl. The monoisotopic (exact) mass is 424 g/mol. The minimum absolute atomic E-state index is 0. The lowest BCUT2D eigenvalue weighted by Crippen LogP contribution is -2.55. The summed E-state index contributed by atoms with van der Waals surface area (Å²) >= 11 is 0. The Morgan fingerprint density at radius 2 is 1.74 bits per heavy atom. The van der Waals surface area contributed by atoms with Crippen LogP contribution in [0.3, 0.4) is 0 Å². The Morgan fingerprint density at radius 1 is 1.11 bits per heavy atom. The van der Waals surface area contributed by atoms with Crippen LogP contribution in [0.1, 0.15) is 52.9 Å². The van der Waals surface area contributed by atoms with Crippen molar-refractivity contribution in [2.45, 2.75) is 65.0 Å². The molecule has 1 aliphatic heterocycles. The molecule has 27 heavy (non-hydrogen) atoms. The number of piperazine rings is 1. The van der Waals surface area contributed by atoms with Crippen LogP contribution in [0.15, 0.2) is 0 Å². The Labute approximate surface area is 176 Å². The van der Waals surface area contributed by atoms with E-state index < -0.39 is 6.04 Å². The van der Waals surface area contributed by atoms with Crippen LogP contribution in [0.5, 0.6) is 0 Å². The molecule has 6 nitrogen and oxygen atoms in total. The maximum absolute atomic E-state index is 12.4. The zero-order valence-electron chi connectivity index (χ0n) is 17.0. The topological polar surface area (TPSA) is 78.7 Å². The van der Waals surface area contributed by atoms with Crippen molar-refractivity contribution in [3.63, 3.8) is 0 Å². The first-order valence-corrected chi connectivity index (χ1v) is 9.91. The van der Waals surface area contributed by atoms with Crippen molar-refractivity contribution in [2.24, 2.45) is 17.6 Å². The maximum Gasteiger partial charge on any atom is 0.239 e. The molecule has 2 unspecified atom stereocenters. The van der Waals surface area contributed by atoms with Crippen molar-refractivity contribution in [1.82, 2.24) is 15.1 Å². The van der Waals surface area contributed by atoms with Crippen molar-refractivity contribution >= 4 is 36.6 Å². The van der Waals surface area contributed by atoms with E-state index >= 15 is 0 Å². The Balaban J connectivity index is 0.00000338. The van der Waals surface area contributed by atoms with Gasteiger partial charge < -0.3 is 16.0 Å². The summed E-state index contributed by atoms with van der Waals surface area (Å²) in [6.07, 6.45) is 5.42. The van der Waals surface area contributed by atoms with Crippen LogP contribution in [0.4, 0.5) is 0 Å². The molecular weight excluding hydrogens is 387 g/mol. The number of hydrogen-bond acceptors (Lipinski definition) is 4. The molecule has 8 heteroatoms. The lowest BCUT2D eigenvalue weighted by Gasteiger charge is -2.36. The van der Waals surface area contributed by atoms with Gasteiger partial charge >= 0.3 is 0 Å². The summed E-state index contributed by atoms with van der Waals surface area (Å²) in [6, 6.07) is -0.0590. The summed E-state index contributed by atoms with van der Waals surface area (Å²) in [6.45, 7) is 9.68. The number of halogens is 2. The molecule has 2 rings (SSSR count). The number of hydrogen-bond donors (Lipinski definition) is 2. The molecule has 160 valence electrons. The summed E-state index contributed by atoms with van der Waals surface area (Å²) in [5.74, 6) is 1.31. The number of rotatable bonds is 6. The van der Waals surface area contributed by atoms with E-state index in [1.54, 1.807) is 0 Å². The molecule has 2 amide bonds. The molecule has 3 atom stereocenters. The second-order valence-electron chi connectivity index (χ2n) is 8.37. The van der Waals surface area contributed by atoms with Crippen LogP contribution in [-0.2, 0) is 9.59 Å². The Kier molecular flexibility index (Phi) is 12.5. The molecule has 0 aromatic carbocycles. The van der Waals surface area contributed by atoms with Gasteiger partial charge in [0, 0.05) is 32.2 Å². The van der Waals surface area contributed by atoms with E-state index in [0.29, 0.717) is 37.5 Å². The van der Waals surface area contributed by atoms with Crippen molar-refractivity contribution in [3.8, 4) is 0 Å². The van der Waals surface area contributed by atoms with E-state index in [1.165, 1.54) is 12.8 Å². The van der Waals surface area contributed by atoms with E-state index in [9.17, 15) is 9.59 Å². The fourth-order valence-electron chi connectivity index (χ4n) is 4.01. The van der Waals surface area contributed by atoms with Crippen LogP contribution >= 0.6 is 24.8 Å². The van der Waals surface area contributed by atoms with Gasteiger partial charge in [-0.15, -0.1) is 24.8 Å². The highest BCUT2D eigenvalue weighted by Gasteiger charge is 2.27. The number of nitrogens with one attached hydrogen (secondary N) is 1. The first kappa shape index (κ1) is 26.4. The smallest absolute Gasteiger partial charge is 0.239 e. The third kappa shape index (κ3) is 8.99. The van der Waals surface area contributed by atoms with E-state index in [-0.39, 0.29) is 36.6 Å². The third-order valence-electron chi connectivity index (χ3n) is 5.40. The van der Waals surface area contributed by atoms with Gasteiger partial charge in [-0.05, 0) is 31.1 Å². The molecule has 1 saturated carbocycles. The molecule has 2 aliphatic rings. The average Bonchev–Trinajstić information content (AvgIpc) is 2.54. The number of carbonyl (C=O) groups is 2. The van der Waals surface area contributed by atoms with Crippen molar-refractivity contribution < 1.29 is 9.59 Å².